The molecule has 4 heterocycles. The number of benzene rings is 1. The van der Waals surface area contributed by atoms with Gasteiger partial charge >= 0.3 is 0 Å². The molecule has 0 aliphatic carbocycles. The van der Waals surface area contributed by atoms with Gasteiger partial charge in [-0.2, -0.15) is 9.97 Å². The number of ether oxygens (including phenoxy) is 1. The molecule has 5 rings (SSSR count). The molecule has 2 atom stereocenters. The highest BCUT2D eigenvalue weighted by Gasteiger charge is 2.27. The molecule has 1 aromatic carbocycles. The van der Waals surface area contributed by atoms with Crippen molar-refractivity contribution in [3.05, 3.63) is 42.0 Å². The number of piperidine rings is 1. The minimum absolute atomic E-state index is 0.267. The van der Waals surface area contributed by atoms with Crippen LogP contribution in [0.2, 0.25) is 0 Å². The smallest absolute Gasteiger partial charge is 0.229 e. The van der Waals surface area contributed by atoms with Gasteiger partial charge in [-0.15, -0.1) is 0 Å². The predicted octanol–water partition coefficient (Wildman–Crippen LogP) is 4.02. The van der Waals surface area contributed by atoms with Crippen LogP contribution in [0.15, 0.2) is 36.4 Å². The van der Waals surface area contributed by atoms with E-state index in [0.29, 0.717) is 12.6 Å². The van der Waals surface area contributed by atoms with Crippen molar-refractivity contribution in [1.82, 2.24) is 20.3 Å². The number of pyridine rings is 1. The van der Waals surface area contributed by atoms with E-state index in [1.165, 1.54) is 24.8 Å². The standard InChI is InChI=1S/C26H34N6O/c1-18-6-4-5-13-32(18)26-29-24-22(25(30-26)31-14-15-33-17-19(31)2)11-12-23(28-24)21-9-7-20(8-10-21)16-27-3/h7-12,18-19,27H,4-6,13-17H2,1-3H3/t18-,19-/m0/s1. The van der Waals surface area contributed by atoms with E-state index in [-0.39, 0.29) is 6.04 Å². The molecule has 3 aromatic rings. The van der Waals surface area contributed by atoms with Gasteiger partial charge in [0.1, 0.15) is 5.82 Å². The average molecular weight is 447 g/mol. The Balaban J connectivity index is 1.60. The number of fused-ring (bicyclic) bond motifs is 1. The molecule has 2 saturated heterocycles. The molecular weight excluding hydrogens is 412 g/mol. The molecule has 0 bridgehead atoms. The first-order chi connectivity index (χ1) is 16.1. The van der Waals surface area contributed by atoms with Gasteiger partial charge in [-0.25, -0.2) is 4.98 Å². The lowest BCUT2D eigenvalue weighted by Crippen LogP contribution is -2.45. The monoisotopic (exact) mass is 446 g/mol. The minimum atomic E-state index is 0.267. The summed E-state index contributed by atoms with van der Waals surface area (Å²) >= 11 is 0. The first kappa shape index (κ1) is 22.0. The van der Waals surface area contributed by atoms with Crippen molar-refractivity contribution >= 4 is 22.8 Å². The van der Waals surface area contributed by atoms with Gasteiger partial charge in [0, 0.05) is 31.2 Å². The maximum absolute atomic E-state index is 5.70. The second kappa shape index (κ2) is 9.61. The zero-order chi connectivity index (χ0) is 22.8. The van der Waals surface area contributed by atoms with Gasteiger partial charge in [0.15, 0.2) is 5.65 Å². The predicted molar refractivity (Wildman–Crippen MR) is 134 cm³/mol. The van der Waals surface area contributed by atoms with Crippen LogP contribution in [0, 0.1) is 0 Å². The number of aromatic nitrogens is 3. The molecule has 0 unspecified atom stereocenters. The molecule has 174 valence electrons. The van der Waals surface area contributed by atoms with Crippen LogP contribution in [0.5, 0.6) is 0 Å². The Kier molecular flexibility index (Phi) is 6.42. The van der Waals surface area contributed by atoms with Gasteiger partial charge in [0.05, 0.1) is 30.3 Å². The SMILES string of the molecule is CNCc1ccc(-c2ccc3c(N4CCOC[C@@H]4C)nc(N4CCCC[C@@H]4C)nc3n2)cc1. The summed E-state index contributed by atoms with van der Waals surface area (Å²) in [5.74, 6) is 1.78. The molecule has 1 N–H and O–H groups in total. The fraction of sp³-hybridized carbons (Fsp3) is 0.500. The highest BCUT2D eigenvalue weighted by Crippen LogP contribution is 2.32. The molecule has 0 radical (unpaired) electrons. The summed E-state index contributed by atoms with van der Waals surface area (Å²) in [6, 6.07) is 13.5. The Morgan fingerprint density at radius 2 is 1.79 bits per heavy atom. The Morgan fingerprint density at radius 3 is 2.55 bits per heavy atom. The number of nitrogens with one attached hydrogen (secondary N) is 1. The molecule has 2 fully saturated rings. The lowest BCUT2D eigenvalue weighted by Gasteiger charge is -2.37. The topological polar surface area (TPSA) is 66.4 Å². The summed E-state index contributed by atoms with van der Waals surface area (Å²) in [5, 5.41) is 4.21. The van der Waals surface area contributed by atoms with E-state index in [9.17, 15) is 0 Å². The van der Waals surface area contributed by atoms with Crippen molar-refractivity contribution in [3.63, 3.8) is 0 Å². The number of hydrogen-bond donors (Lipinski definition) is 1. The highest BCUT2D eigenvalue weighted by atomic mass is 16.5. The third-order valence-electron chi connectivity index (χ3n) is 6.86. The van der Waals surface area contributed by atoms with Gasteiger partial charge in [0.25, 0.3) is 0 Å². The molecule has 0 amide bonds. The fourth-order valence-corrected chi connectivity index (χ4v) is 4.93. The first-order valence-corrected chi connectivity index (χ1v) is 12.2. The molecular formula is C26H34N6O. The maximum Gasteiger partial charge on any atom is 0.229 e. The normalized spacial score (nSPS) is 21.5. The van der Waals surface area contributed by atoms with Crippen LogP contribution in [-0.2, 0) is 11.3 Å². The van der Waals surface area contributed by atoms with Gasteiger partial charge in [-0.1, -0.05) is 24.3 Å². The van der Waals surface area contributed by atoms with Crippen LogP contribution in [0.3, 0.4) is 0 Å². The molecule has 0 spiro atoms. The first-order valence-electron chi connectivity index (χ1n) is 12.2. The van der Waals surface area contributed by atoms with Crippen molar-refractivity contribution in [3.8, 4) is 11.3 Å². The van der Waals surface area contributed by atoms with Crippen molar-refractivity contribution in [2.75, 3.05) is 43.2 Å². The Morgan fingerprint density at radius 1 is 0.939 bits per heavy atom. The number of hydrogen-bond acceptors (Lipinski definition) is 7. The second-order valence-corrected chi connectivity index (χ2v) is 9.30. The van der Waals surface area contributed by atoms with Crippen molar-refractivity contribution in [2.45, 2.75) is 51.7 Å². The summed E-state index contributed by atoms with van der Waals surface area (Å²) in [6.07, 6.45) is 3.63. The van der Waals surface area contributed by atoms with Crippen LogP contribution >= 0.6 is 0 Å². The average Bonchev–Trinajstić information content (AvgIpc) is 2.84. The minimum Gasteiger partial charge on any atom is -0.377 e. The molecule has 7 heteroatoms. The summed E-state index contributed by atoms with van der Waals surface area (Å²) in [7, 11) is 1.96. The molecule has 2 aliphatic heterocycles. The van der Waals surface area contributed by atoms with E-state index >= 15 is 0 Å². The highest BCUT2D eigenvalue weighted by molar-refractivity contribution is 5.90. The fourth-order valence-electron chi connectivity index (χ4n) is 4.93. The van der Waals surface area contributed by atoms with Gasteiger partial charge < -0.3 is 19.9 Å². The Bertz CT molecular complexity index is 1100. The van der Waals surface area contributed by atoms with Gasteiger partial charge in [-0.05, 0) is 57.9 Å². The summed E-state index contributed by atoms with van der Waals surface area (Å²) in [5.41, 5.74) is 4.07. The van der Waals surface area contributed by atoms with E-state index in [4.69, 9.17) is 19.7 Å². The van der Waals surface area contributed by atoms with E-state index in [1.807, 2.05) is 7.05 Å². The number of nitrogens with zero attached hydrogens (tertiary/aromatic N) is 5. The number of morpholine rings is 1. The zero-order valence-electron chi connectivity index (χ0n) is 19.9. The van der Waals surface area contributed by atoms with Crippen LogP contribution in [0.4, 0.5) is 11.8 Å². The van der Waals surface area contributed by atoms with E-state index in [0.717, 1.165) is 60.3 Å². The third-order valence-corrected chi connectivity index (χ3v) is 6.86. The van der Waals surface area contributed by atoms with Crippen LogP contribution in [0.1, 0.15) is 38.7 Å². The van der Waals surface area contributed by atoms with Gasteiger partial charge in [0.2, 0.25) is 5.95 Å². The van der Waals surface area contributed by atoms with E-state index in [2.05, 4.69) is 65.4 Å². The maximum atomic E-state index is 5.70. The Hall–Kier alpha value is -2.77. The Labute approximate surface area is 196 Å². The van der Waals surface area contributed by atoms with Crippen molar-refractivity contribution < 1.29 is 4.74 Å². The van der Waals surface area contributed by atoms with E-state index < -0.39 is 0 Å². The molecule has 7 nitrogen and oxygen atoms in total. The number of rotatable bonds is 5. The number of anilines is 2. The van der Waals surface area contributed by atoms with Crippen molar-refractivity contribution in [2.24, 2.45) is 0 Å². The zero-order valence-corrected chi connectivity index (χ0v) is 19.9. The van der Waals surface area contributed by atoms with Crippen LogP contribution in [0.25, 0.3) is 22.3 Å². The third kappa shape index (κ3) is 4.52. The molecule has 33 heavy (non-hydrogen) atoms. The lowest BCUT2D eigenvalue weighted by atomic mass is 10.0. The summed E-state index contributed by atoms with van der Waals surface area (Å²) < 4.78 is 5.70. The quantitative estimate of drug-likeness (QED) is 0.635. The van der Waals surface area contributed by atoms with Crippen LogP contribution in [-0.4, -0.2) is 60.4 Å². The van der Waals surface area contributed by atoms with Crippen molar-refractivity contribution in [1.29, 1.82) is 0 Å². The molecule has 0 saturated carbocycles. The summed E-state index contributed by atoms with van der Waals surface area (Å²) in [4.78, 5) is 19.9. The van der Waals surface area contributed by atoms with Gasteiger partial charge in [-0.3, -0.25) is 0 Å². The largest absolute Gasteiger partial charge is 0.377 e. The molecule has 2 aromatic heterocycles. The lowest BCUT2D eigenvalue weighted by molar-refractivity contribution is 0.0987. The van der Waals surface area contributed by atoms with E-state index in [1.54, 1.807) is 0 Å². The van der Waals surface area contributed by atoms with Crippen LogP contribution < -0.4 is 15.1 Å². The second-order valence-electron chi connectivity index (χ2n) is 9.30. The molecule has 2 aliphatic rings. The summed E-state index contributed by atoms with van der Waals surface area (Å²) in [6.45, 7) is 8.60.